The molecule has 0 saturated carbocycles. The third-order valence-corrected chi connectivity index (χ3v) is 3.87. The van der Waals surface area contributed by atoms with Gasteiger partial charge in [-0.3, -0.25) is 4.79 Å². The van der Waals surface area contributed by atoms with Gasteiger partial charge in [0.15, 0.2) is 11.5 Å². The largest absolute Gasteiger partial charge is 0.491 e. The molecule has 1 heterocycles. The molecule has 0 fully saturated rings. The number of halogens is 1. The maximum absolute atomic E-state index is 10.7. The molecular weight excluding hydrogens is 314 g/mol. The van der Waals surface area contributed by atoms with Crippen molar-refractivity contribution in [2.75, 3.05) is 13.7 Å². The van der Waals surface area contributed by atoms with Gasteiger partial charge in [0, 0.05) is 10.9 Å². The maximum atomic E-state index is 10.7. The molecule has 0 aliphatic rings. The fraction of sp³-hybridized carbons (Fsp3) is 0.286. The van der Waals surface area contributed by atoms with Crippen molar-refractivity contribution in [1.29, 1.82) is 0 Å². The van der Waals surface area contributed by atoms with Gasteiger partial charge in [0.25, 0.3) is 0 Å². The first kappa shape index (κ1) is 15.6. The van der Waals surface area contributed by atoms with Gasteiger partial charge < -0.3 is 14.6 Å². The van der Waals surface area contributed by atoms with E-state index in [1.54, 1.807) is 17.5 Å². The first-order chi connectivity index (χ1) is 10.0. The Morgan fingerprint density at radius 2 is 2.24 bits per heavy atom. The SMILES string of the molecule is CCOc1cc(-c2nc(CC(=O)O)cs2)cc(Cl)c1OC. The average molecular weight is 328 g/mol. The van der Waals surface area contributed by atoms with Gasteiger partial charge in [-0.15, -0.1) is 11.3 Å². The van der Waals surface area contributed by atoms with Crippen LogP contribution in [-0.4, -0.2) is 29.8 Å². The minimum Gasteiger partial charge on any atom is -0.491 e. The molecule has 1 N–H and O–H groups in total. The van der Waals surface area contributed by atoms with E-state index in [4.69, 9.17) is 26.2 Å². The molecule has 5 nitrogen and oxygen atoms in total. The smallest absolute Gasteiger partial charge is 0.309 e. The predicted octanol–water partition coefficient (Wildman–Crippen LogP) is 3.50. The van der Waals surface area contributed by atoms with Crippen molar-refractivity contribution >= 4 is 28.9 Å². The van der Waals surface area contributed by atoms with Crippen LogP contribution in [0.15, 0.2) is 17.5 Å². The van der Waals surface area contributed by atoms with Gasteiger partial charge in [-0.25, -0.2) is 4.98 Å². The molecule has 0 saturated heterocycles. The lowest BCUT2D eigenvalue weighted by Gasteiger charge is -2.12. The number of hydrogen-bond donors (Lipinski definition) is 1. The van der Waals surface area contributed by atoms with E-state index in [0.717, 1.165) is 5.56 Å². The number of carboxylic acids is 1. The molecule has 0 atom stereocenters. The average Bonchev–Trinajstić information content (AvgIpc) is 2.86. The Morgan fingerprint density at radius 3 is 2.86 bits per heavy atom. The van der Waals surface area contributed by atoms with Gasteiger partial charge in [0.1, 0.15) is 5.01 Å². The second kappa shape index (κ2) is 6.78. The number of aromatic nitrogens is 1. The summed E-state index contributed by atoms with van der Waals surface area (Å²) in [5, 5.41) is 11.6. The number of aliphatic carboxylic acids is 1. The number of nitrogens with zero attached hydrogens (tertiary/aromatic N) is 1. The molecule has 21 heavy (non-hydrogen) atoms. The first-order valence-electron chi connectivity index (χ1n) is 6.22. The van der Waals surface area contributed by atoms with Crippen LogP contribution >= 0.6 is 22.9 Å². The van der Waals surface area contributed by atoms with Crippen LogP contribution in [0.3, 0.4) is 0 Å². The molecule has 112 valence electrons. The molecule has 0 aliphatic heterocycles. The summed E-state index contributed by atoms with van der Waals surface area (Å²) in [5.41, 5.74) is 1.29. The highest BCUT2D eigenvalue weighted by Crippen LogP contribution is 2.40. The van der Waals surface area contributed by atoms with Crippen LogP contribution in [0.25, 0.3) is 10.6 Å². The minimum absolute atomic E-state index is 0.0985. The van der Waals surface area contributed by atoms with E-state index >= 15 is 0 Å². The Hall–Kier alpha value is -1.79. The standard InChI is InChI=1S/C14H14ClNO4S/c1-3-20-11-5-8(4-10(15)13(11)19-2)14-16-9(7-21-14)6-12(17)18/h4-5,7H,3,6H2,1-2H3,(H,17,18). The molecule has 1 aromatic carbocycles. The van der Waals surface area contributed by atoms with Crippen molar-refractivity contribution < 1.29 is 19.4 Å². The summed E-state index contributed by atoms with van der Waals surface area (Å²) in [5.74, 6) is 0.108. The summed E-state index contributed by atoms with van der Waals surface area (Å²) in [6, 6.07) is 3.52. The Bertz CT molecular complexity index is 656. The lowest BCUT2D eigenvalue weighted by Crippen LogP contribution is -2.00. The van der Waals surface area contributed by atoms with Gasteiger partial charge in [-0.2, -0.15) is 0 Å². The normalized spacial score (nSPS) is 10.4. The molecule has 0 aliphatic carbocycles. The Labute approximate surface area is 131 Å². The number of rotatable bonds is 6. The molecule has 0 unspecified atom stereocenters. The zero-order valence-electron chi connectivity index (χ0n) is 11.6. The van der Waals surface area contributed by atoms with Gasteiger partial charge in [-0.1, -0.05) is 11.6 Å². The minimum atomic E-state index is -0.908. The zero-order valence-corrected chi connectivity index (χ0v) is 13.1. The van der Waals surface area contributed by atoms with Crippen LogP contribution in [0.1, 0.15) is 12.6 Å². The summed E-state index contributed by atoms with van der Waals surface area (Å²) < 4.78 is 10.7. The van der Waals surface area contributed by atoms with Crippen molar-refractivity contribution in [3.63, 3.8) is 0 Å². The lowest BCUT2D eigenvalue weighted by atomic mass is 10.2. The van der Waals surface area contributed by atoms with Gasteiger partial charge in [-0.05, 0) is 19.1 Å². The third-order valence-electron chi connectivity index (χ3n) is 2.64. The van der Waals surface area contributed by atoms with Crippen LogP contribution in [0.4, 0.5) is 0 Å². The number of benzene rings is 1. The zero-order chi connectivity index (χ0) is 15.4. The number of carboxylic acid groups (broad SMARTS) is 1. The Kier molecular flexibility index (Phi) is 5.03. The second-order valence-electron chi connectivity index (χ2n) is 4.14. The molecule has 2 aromatic rings. The molecule has 1 aromatic heterocycles. The molecule has 2 rings (SSSR count). The van der Waals surface area contributed by atoms with E-state index in [1.807, 2.05) is 6.92 Å². The summed E-state index contributed by atoms with van der Waals surface area (Å²) in [7, 11) is 1.53. The molecule has 0 bridgehead atoms. The first-order valence-corrected chi connectivity index (χ1v) is 7.47. The fourth-order valence-electron chi connectivity index (χ4n) is 1.83. The van der Waals surface area contributed by atoms with Gasteiger partial charge >= 0.3 is 5.97 Å². The van der Waals surface area contributed by atoms with Gasteiger partial charge in [0.05, 0.1) is 30.9 Å². The highest BCUT2D eigenvalue weighted by Gasteiger charge is 2.15. The number of methoxy groups -OCH3 is 1. The number of hydrogen-bond acceptors (Lipinski definition) is 5. The topological polar surface area (TPSA) is 68.7 Å². The number of ether oxygens (including phenoxy) is 2. The van der Waals surface area contributed by atoms with Crippen molar-refractivity contribution in [2.45, 2.75) is 13.3 Å². The summed E-state index contributed by atoms with van der Waals surface area (Å²) in [4.78, 5) is 15.0. The van der Waals surface area contributed by atoms with Gasteiger partial charge in [0.2, 0.25) is 0 Å². The molecular formula is C14H14ClNO4S. The molecule has 0 amide bonds. The van der Waals surface area contributed by atoms with E-state index in [1.165, 1.54) is 18.4 Å². The fourth-order valence-corrected chi connectivity index (χ4v) is 2.92. The summed E-state index contributed by atoms with van der Waals surface area (Å²) in [6.07, 6.45) is -0.0985. The van der Waals surface area contributed by atoms with E-state index in [-0.39, 0.29) is 6.42 Å². The summed E-state index contributed by atoms with van der Waals surface area (Å²) in [6.45, 7) is 2.35. The number of thiazole rings is 1. The second-order valence-corrected chi connectivity index (χ2v) is 5.40. The third kappa shape index (κ3) is 3.65. The van der Waals surface area contributed by atoms with Crippen LogP contribution in [0.2, 0.25) is 5.02 Å². The van der Waals surface area contributed by atoms with Crippen LogP contribution in [0, 0.1) is 0 Å². The molecule has 0 spiro atoms. The van der Waals surface area contributed by atoms with Crippen molar-refractivity contribution in [3.05, 3.63) is 28.2 Å². The molecule has 0 radical (unpaired) electrons. The monoisotopic (exact) mass is 327 g/mol. The van der Waals surface area contributed by atoms with E-state index in [0.29, 0.717) is 33.8 Å². The maximum Gasteiger partial charge on any atom is 0.309 e. The Morgan fingerprint density at radius 1 is 1.48 bits per heavy atom. The highest BCUT2D eigenvalue weighted by molar-refractivity contribution is 7.13. The quantitative estimate of drug-likeness (QED) is 0.879. The van der Waals surface area contributed by atoms with Crippen molar-refractivity contribution in [3.8, 4) is 22.1 Å². The predicted molar refractivity (Wildman–Crippen MR) is 81.6 cm³/mol. The highest BCUT2D eigenvalue weighted by atomic mass is 35.5. The van der Waals surface area contributed by atoms with E-state index in [9.17, 15) is 4.79 Å². The van der Waals surface area contributed by atoms with Crippen molar-refractivity contribution in [1.82, 2.24) is 4.98 Å². The van der Waals surface area contributed by atoms with Crippen LogP contribution < -0.4 is 9.47 Å². The number of carbonyl (C=O) groups is 1. The van der Waals surface area contributed by atoms with E-state index in [2.05, 4.69) is 4.98 Å². The van der Waals surface area contributed by atoms with Crippen LogP contribution in [-0.2, 0) is 11.2 Å². The Balaban J connectivity index is 2.39. The lowest BCUT2D eigenvalue weighted by molar-refractivity contribution is -0.136. The summed E-state index contributed by atoms with van der Waals surface area (Å²) >= 11 is 7.55. The van der Waals surface area contributed by atoms with Crippen LogP contribution in [0.5, 0.6) is 11.5 Å². The van der Waals surface area contributed by atoms with Crippen molar-refractivity contribution in [2.24, 2.45) is 0 Å². The van der Waals surface area contributed by atoms with E-state index < -0.39 is 5.97 Å². The molecule has 7 heteroatoms.